The number of anilines is 1. The summed E-state index contributed by atoms with van der Waals surface area (Å²) in [5.74, 6) is 0.787. The smallest absolute Gasteiger partial charge is 0.265 e. The summed E-state index contributed by atoms with van der Waals surface area (Å²) in [5.41, 5.74) is 3.63. The highest BCUT2D eigenvalue weighted by Gasteiger charge is 2.24. The number of hydrogen-bond donors (Lipinski definition) is 1. The number of fused-ring (bicyclic) bond motifs is 2. The zero-order chi connectivity index (χ0) is 12.5. The highest BCUT2D eigenvalue weighted by molar-refractivity contribution is 5.97. The van der Waals surface area contributed by atoms with Gasteiger partial charge in [-0.25, -0.2) is 0 Å². The van der Waals surface area contributed by atoms with E-state index in [1.165, 1.54) is 36.8 Å². The molecule has 1 atom stereocenters. The van der Waals surface area contributed by atoms with Crippen molar-refractivity contribution in [1.29, 1.82) is 0 Å². The number of aryl methyl sites for hydroxylation is 2. The molecular weight excluding hydrogens is 226 g/mol. The molecule has 18 heavy (non-hydrogen) atoms. The van der Waals surface area contributed by atoms with Crippen LogP contribution in [0.4, 0.5) is 5.69 Å². The van der Waals surface area contributed by atoms with Gasteiger partial charge in [0.25, 0.3) is 5.91 Å². The molecule has 0 bridgehead atoms. The summed E-state index contributed by atoms with van der Waals surface area (Å²) >= 11 is 0. The third-order valence-corrected chi connectivity index (χ3v) is 3.87. The van der Waals surface area contributed by atoms with Crippen LogP contribution in [0.2, 0.25) is 0 Å². The Morgan fingerprint density at radius 1 is 1.11 bits per heavy atom. The summed E-state index contributed by atoms with van der Waals surface area (Å²) in [7, 11) is 0. The molecule has 1 aromatic carbocycles. The maximum Gasteiger partial charge on any atom is 0.265 e. The molecule has 0 saturated carbocycles. The summed E-state index contributed by atoms with van der Waals surface area (Å²) in [6.45, 7) is 1.79. The summed E-state index contributed by atoms with van der Waals surface area (Å²) in [6, 6.07) is 4.24. The molecule has 1 aromatic rings. The molecule has 2 aliphatic rings. The van der Waals surface area contributed by atoms with E-state index in [1.54, 1.807) is 6.92 Å². The molecule has 0 fully saturated rings. The summed E-state index contributed by atoms with van der Waals surface area (Å²) in [5, 5.41) is 2.93. The molecule has 3 nitrogen and oxygen atoms in total. The van der Waals surface area contributed by atoms with Crippen LogP contribution in [0, 0.1) is 0 Å². The number of rotatable bonds is 0. The molecule has 1 unspecified atom stereocenters. The van der Waals surface area contributed by atoms with Crippen molar-refractivity contribution in [3.05, 3.63) is 23.3 Å². The number of benzene rings is 1. The van der Waals surface area contributed by atoms with Gasteiger partial charge in [0.1, 0.15) is 5.75 Å². The van der Waals surface area contributed by atoms with Crippen LogP contribution >= 0.6 is 0 Å². The van der Waals surface area contributed by atoms with Crippen LogP contribution < -0.4 is 10.1 Å². The number of amides is 1. The third-order valence-electron chi connectivity index (χ3n) is 3.87. The van der Waals surface area contributed by atoms with Gasteiger partial charge >= 0.3 is 0 Å². The lowest BCUT2D eigenvalue weighted by molar-refractivity contribution is -0.122. The van der Waals surface area contributed by atoms with E-state index in [0.717, 1.165) is 24.3 Å². The lowest BCUT2D eigenvalue weighted by Gasteiger charge is -2.25. The van der Waals surface area contributed by atoms with Crippen LogP contribution in [0.3, 0.4) is 0 Å². The van der Waals surface area contributed by atoms with Crippen molar-refractivity contribution >= 4 is 11.6 Å². The van der Waals surface area contributed by atoms with E-state index >= 15 is 0 Å². The van der Waals surface area contributed by atoms with E-state index in [1.807, 2.05) is 0 Å². The standard InChI is InChI=1S/C15H19NO2/c1-10-15(17)16-13-8-11-6-4-2-3-5-7-12(11)9-14(13)18-10/h8-10H,2-7H2,1H3,(H,16,17). The quantitative estimate of drug-likeness (QED) is 0.763. The van der Waals surface area contributed by atoms with Gasteiger partial charge in [-0.2, -0.15) is 0 Å². The molecule has 0 radical (unpaired) electrons. The van der Waals surface area contributed by atoms with Crippen molar-refractivity contribution in [1.82, 2.24) is 0 Å². The number of carbonyl (C=O) groups is 1. The van der Waals surface area contributed by atoms with Crippen molar-refractivity contribution in [3.63, 3.8) is 0 Å². The monoisotopic (exact) mass is 245 g/mol. The molecule has 96 valence electrons. The Morgan fingerprint density at radius 2 is 1.78 bits per heavy atom. The Bertz CT molecular complexity index is 482. The van der Waals surface area contributed by atoms with E-state index in [9.17, 15) is 4.79 Å². The van der Waals surface area contributed by atoms with Gasteiger partial charge < -0.3 is 10.1 Å². The average Bonchev–Trinajstić information content (AvgIpc) is 2.32. The molecular formula is C15H19NO2. The van der Waals surface area contributed by atoms with Gasteiger partial charge in [0.05, 0.1) is 5.69 Å². The van der Waals surface area contributed by atoms with Crippen LogP contribution in [0.5, 0.6) is 5.75 Å². The van der Waals surface area contributed by atoms with Crippen molar-refractivity contribution in [3.8, 4) is 5.75 Å². The van der Waals surface area contributed by atoms with Crippen LogP contribution in [0.15, 0.2) is 12.1 Å². The lowest BCUT2D eigenvalue weighted by atomic mass is 9.92. The third kappa shape index (κ3) is 2.09. The van der Waals surface area contributed by atoms with E-state index in [4.69, 9.17) is 4.74 Å². The molecule has 1 aliphatic heterocycles. The van der Waals surface area contributed by atoms with Gasteiger partial charge in [-0.1, -0.05) is 12.8 Å². The molecule has 1 heterocycles. The fourth-order valence-electron chi connectivity index (χ4n) is 2.79. The van der Waals surface area contributed by atoms with Gasteiger partial charge in [-0.15, -0.1) is 0 Å². The van der Waals surface area contributed by atoms with E-state index in [0.29, 0.717) is 0 Å². The Labute approximate surface area is 108 Å². The van der Waals surface area contributed by atoms with E-state index in [-0.39, 0.29) is 12.0 Å². The van der Waals surface area contributed by atoms with Gasteiger partial charge in [0.15, 0.2) is 6.10 Å². The first kappa shape index (κ1) is 11.6. The van der Waals surface area contributed by atoms with E-state index < -0.39 is 0 Å². The first-order chi connectivity index (χ1) is 8.74. The predicted molar refractivity (Wildman–Crippen MR) is 71.0 cm³/mol. The number of ether oxygens (including phenoxy) is 1. The van der Waals surface area contributed by atoms with E-state index in [2.05, 4.69) is 17.4 Å². The minimum absolute atomic E-state index is 0.0479. The van der Waals surface area contributed by atoms with Crippen molar-refractivity contribution in [2.24, 2.45) is 0 Å². The maximum atomic E-state index is 11.6. The fourth-order valence-corrected chi connectivity index (χ4v) is 2.79. The Kier molecular flexibility index (Phi) is 2.98. The molecule has 1 amide bonds. The van der Waals surface area contributed by atoms with Crippen LogP contribution in [-0.2, 0) is 17.6 Å². The normalized spacial score (nSPS) is 22.9. The highest BCUT2D eigenvalue weighted by atomic mass is 16.5. The molecule has 0 aromatic heterocycles. The molecule has 1 aliphatic carbocycles. The van der Waals surface area contributed by atoms with Crippen molar-refractivity contribution in [2.45, 2.75) is 51.6 Å². The minimum Gasteiger partial charge on any atom is -0.479 e. The number of hydrogen-bond acceptors (Lipinski definition) is 2. The van der Waals surface area contributed by atoms with Crippen molar-refractivity contribution < 1.29 is 9.53 Å². The SMILES string of the molecule is CC1Oc2cc3c(cc2NC1=O)CCCCCC3. The second-order valence-corrected chi connectivity index (χ2v) is 5.28. The largest absolute Gasteiger partial charge is 0.479 e. The van der Waals surface area contributed by atoms with Crippen LogP contribution in [0.25, 0.3) is 0 Å². The molecule has 0 spiro atoms. The van der Waals surface area contributed by atoms with Crippen molar-refractivity contribution in [2.75, 3.05) is 5.32 Å². The van der Waals surface area contributed by atoms with Crippen LogP contribution in [-0.4, -0.2) is 12.0 Å². The number of carbonyl (C=O) groups excluding carboxylic acids is 1. The first-order valence-electron chi connectivity index (χ1n) is 6.87. The molecule has 3 rings (SSSR count). The molecule has 0 saturated heterocycles. The first-order valence-corrected chi connectivity index (χ1v) is 6.87. The Hall–Kier alpha value is -1.51. The maximum absolute atomic E-state index is 11.6. The number of nitrogens with one attached hydrogen (secondary N) is 1. The second kappa shape index (κ2) is 4.63. The summed E-state index contributed by atoms with van der Waals surface area (Å²) in [4.78, 5) is 11.6. The lowest BCUT2D eigenvalue weighted by Crippen LogP contribution is -2.34. The van der Waals surface area contributed by atoms with Crippen LogP contribution in [0.1, 0.15) is 43.7 Å². The molecule has 3 heteroatoms. The second-order valence-electron chi connectivity index (χ2n) is 5.28. The topological polar surface area (TPSA) is 38.3 Å². The molecule has 1 N–H and O–H groups in total. The predicted octanol–water partition coefficient (Wildman–Crippen LogP) is 3.07. The summed E-state index contributed by atoms with van der Waals surface area (Å²) in [6.07, 6.45) is 7.01. The highest BCUT2D eigenvalue weighted by Crippen LogP contribution is 2.34. The Balaban J connectivity index is 1.98. The summed E-state index contributed by atoms with van der Waals surface area (Å²) < 4.78 is 5.67. The zero-order valence-electron chi connectivity index (χ0n) is 10.8. The van der Waals surface area contributed by atoms with Gasteiger partial charge in [0, 0.05) is 0 Å². The Morgan fingerprint density at radius 3 is 2.50 bits per heavy atom. The fraction of sp³-hybridized carbons (Fsp3) is 0.533. The zero-order valence-corrected chi connectivity index (χ0v) is 10.8. The average molecular weight is 245 g/mol. The minimum atomic E-state index is -0.385. The van der Waals surface area contributed by atoms with Gasteiger partial charge in [0.2, 0.25) is 0 Å². The van der Waals surface area contributed by atoms with Gasteiger partial charge in [-0.3, -0.25) is 4.79 Å². The van der Waals surface area contributed by atoms with Gasteiger partial charge in [-0.05, 0) is 55.9 Å².